The zero-order valence-corrected chi connectivity index (χ0v) is 10.8. The second kappa shape index (κ2) is 5.26. The Morgan fingerprint density at radius 1 is 1.54 bits per heavy atom. The van der Waals surface area contributed by atoms with Gasteiger partial charge in [-0.2, -0.15) is 0 Å². The minimum Gasteiger partial charge on any atom is -0.748 e. The van der Waals surface area contributed by atoms with Gasteiger partial charge in [0.05, 0.1) is 15.9 Å². The molecular formula is C7H11NaO4S. The molecule has 70 valence electrons. The van der Waals surface area contributed by atoms with E-state index in [1.807, 2.05) is 0 Å². The predicted octanol–water partition coefficient (Wildman–Crippen LogP) is -2.68. The average molecular weight is 214 g/mol. The van der Waals surface area contributed by atoms with Crippen LogP contribution in [0.4, 0.5) is 0 Å². The zero-order chi connectivity index (χ0) is 9.99. The van der Waals surface area contributed by atoms with Crippen LogP contribution in [0.2, 0.25) is 0 Å². The van der Waals surface area contributed by atoms with Crippen LogP contribution in [0.3, 0.4) is 0 Å². The molecule has 0 fully saturated rings. The minimum absolute atomic E-state index is 0. The molecule has 0 aromatic carbocycles. The van der Waals surface area contributed by atoms with Crippen molar-refractivity contribution >= 4 is 15.9 Å². The molecule has 0 atom stereocenters. The Morgan fingerprint density at radius 2 is 1.92 bits per heavy atom. The van der Waals surface area contributed by atoms with Crippen LogP contribution in [0.5, 0.6) is 0 Å². The van der Waals surface area contributed by atoms with Gasteiger partial charge in [-0.05, 0) is 6.08 Å². The van der Waals surface area contributed by atoms with Crippen LogP contribution in [0, 0.1) is 5.41 Å². The number of rotatable bonds is 4. The number of carbonyl (C=O) groups is 1. The van der Waals surface area contributed by atoms with Crippen molar-refractivity contribution < 1.29 is 47.3 Å². The van der Waals surface area contributed by atoms with Gasteiger partial charge < -0.3 is 4.55 Å². The van der Waals surface area contributed by atoms with E-state index in [1.165, 1.54) is 13.8 Å². The summed E-state index contributed by atoms with van der Waals surface area (Å²) in [7, 11) is -4.36. The third kappa shape index (κ3) is 6.40. The van der Waals surface area contributed by atoms with Crippen LogP contribution >= 0.6 is 0 Å². The summed E-state index contributed by atoms with van der Waals surface area (Å²) in [6.45, 7) is 6.00. The number of allylic oxidation sites excluding steroid dienone is 1. The summed E-state index contributed by atoms with van der Waals surface area (Å²) in [6, 6.07) is 0. The summed E-state index contributed by atoms with van der Waals surface area (Å²) in [5.74, 6) is -1.13. The summed E-state index contributed by atoms with van der Waals surface area (Å²) in [5, 5.41) is 0. The maximum absolute atomic E-state index is 11.0. The molecule has 4 nitrogen and oxygen atoms in total. The summed E-state index contributed by atoms with van der Waals surface area (Å²) in [4.78, 5) is 11.0. The van der Waals surface area contributed by atoms with Gasteiger partial charge in [-0.3, -0.25) is 4.79 Å². The van der Waals surface area contributed by atoms with Gasteiger partial charge in [0.2, 0.25) is 0 Å². The molecule has 0 N–H and O–H groups in total. The van der Waals surface area contributed by atoms with Gasteiger partial charge in [-0.15, -0.1) is 0 Å². The Morgan fingerprint density at radius 3 is 2.15 bits per heavy atom. The molecule has 0 heterocycles. The van der Waals surface area contributed by atoms with Gasteiger partial charge >= 0.3 is 29.6 Å². The molecule has 0 unspecified atom stereocenters. The SMILES string of the molecule is C=CC(=O)C(C)(C)CS(=O)(=O)[O-].[Na+]. The number of ketones is 1. The molecule has 0 saturated carbocycles. The van der Waals surface area contributed by atoms with E-state index in [0.29, 0.717) is 0 Å². The number of carbonyl (C=O) groups excluding carboxylic acids is 1. The fourth-order valence-electron chi connectivity index (χ4n) is 0.789. The van der Waals surface area contributed by atoms with Gasteiger partial charge in [-0.25, -0.2) is 8.42 Å². The van der Waals surface area contributed by atoms with Crippen molar-refractivity contribution in [2.24, 2.45) is 5.41 Å². The average Bonchev–Trinajstić information content (AvgIpc) is 1.80. The van der Waals surface area contributed by atoms with Crippen molar-refractivity contribution in [1.29, 1.82) is 0 Å². The van der Waals surface area contributed by atoms with Crippen LogP contribution in [0.1, 0.15) is 13.8 Å². The molecule has 0 bridgehead atoms. The van der Waals surface area contributed by atoms with Gasteiger partial charge in [0.15, 0.2) is 5.78 Å². The number of hydrogen-bond donors (Lipinski definition) is 0. The first-order chi connectivity index (χ1) is 5.19. The molecule has 0 aliphatic heterocycles. The summed E-state index contributed by atoms with van der Waals surface area (Å²) in [6.07, 6.45) is 1.02. The third-order valence-electron chi connectivity index (χ3n) is 1.39. The van der Waals surface area contributed by atoms with Gasteiger partial charge in [0, 0.05) is 5.41 Å². The Balaban J connectivity index is 0. The van der Waals surface area contributed by atoms with Crippen LogP contribution in [-0.4, -0.2) is 24.5 Å². The van der Waals surface area contributed by atoms with E-state index in [-0.39, 0.29) is 29.6 Å². The van der Waals surface area contributed by atoms with Crippen LogP contribution < -0.4 is 29.6 Å². The monoisotopic (exact) mass is 214 g/mol. The summed E-state index contributed by atoms with van der Waals surface area (Å²) >= 11 is 0. The van der Waals surface area contributed by atoms with Crippen molar-refractivity contribution in [3.05, 3.63) is 12.7 Å². The summed E-state index contributed by atoms with van der Waals surface area (Å²) < 4.78 is 31.0. The van der Waals surface area contributed by atoms with Crippen molar-refractivity contribution in [3.63, 3.8) is 0 Å². The number of hydrogen-bond acceptors (Lipinski definition) is 4. The van der Waals surface area contributed by atoms with Crippen LogP contribution in [0.15, 0.2) is 12.7 Å². The molecular weight excluding hydrogens is 203 g/mol. The van der Waals surface area contributed by atoms with Crippen LogP contribution in [0.25, 0.3) is 0 Å². The first-order valence-corrected chi connectivity index (χ1v) is 4.87. The molecule has 0 radical (unpaired) electrons. The van der Waals surface area contributed by atoms with Crippen molar-refractivity contribution in [2.45, 2.75) is 13.8 Å². The quantitative estimate of drug-likeness (QED) is 0.290. The Bertz CT molecular complexity index is 292. The first kappa shape index (κ1) is 15.8. The zero-order valence-electron chi connectivity index (χ0n) is 8.03. The van der Waals surface area contributed by atoms with E-state index in [0.717, 1.165) is 6.08 Å². The Kier molecular flexibility index (Phi) is 6.39. The second-order valence-electron chi connectivity index (χ2n) is 3.15. The first-order valence-electron chi connectivity index (χ1n) is 3.29. The Labute approximate surface area is 100 Å². The topological polar surface area (TPSA) is 74.3 Å². The minimum atomic E-state index is -4.36. The normalized spacial score (nSPS) is 11.6. The molecule has 0 rings (SSSR count). The molecule has 0 aliphatic rings. The molecule has 0 spiro atoms. The summed E-state index contributed by atoms with van der Waals surface area (Å²) in [5.41, 5.74) is -1.16. The fraction of sp³-hybridized carbons (Fsp3) is 0.571. The van der Waals surface area contributed by atoms with E-state index in [4.69, 9.17) is 0 Å². The fourth-order valence-corrected chi connectivity index (χ4v) is 1.82. The molecule has 0 aromatic rings. The Hall–Kier alpha value is 0.320. The molecule has 13 heavy (non-hydrogen) atoms. The maximum Gasteiger partial charge on any atom is 1.00 e. The van der Waals surface area contributed by atoms with E-state index in [9.17, 15) is 17.8 Å². The van der Waals surface area contributed by atoms with Crippen molar-refractivity contribution in [1.82, 2.24) is 0 Å². The van der Waals surface area contributed by atoms with Crippen molar-refractivity contribution in [2.75, 3.05) is 5.75 Å². The standard InChI is InChI=1S/C7H12O4S.Na/c1-4-6(8)7(2,3)5-12(9,10)11;/h4H,1,5H2,2-3H3,(H,9,10,11);/q;+1/p-1. The van der Waals surface area contributed by atoms with E-state index < -0.39 is 27.1 Å². The van der Waals surface area contributed by atoms with E-state index >= 15 is 0 Å². The molecule has 0 saturated heterocycles. The van der Waals surface area contributed by atoms with Gasteiger partial charge in [0.25, 0.3) is 0 Å². The van der Waals surface area contributed by atoms with Crippen LogP contribution in [-0.2, 0) is 14.9 Å². The maximum atomic E-state index is 11.0. The second-order valence-corrected chi connectivity index (χ2v) is 4.56. The predicted molar refractivity (Wildman–Crippen MR) is 43.5 cm³/mol. The molecule has 0 amide bonds. The van der Waals surface area contributed by atoms with E-state index in [1.54, 1.807) is 0 Å². The van der Waals surface area contributed by atoms with Gasteiger partial charge in [0.1, 0.15) is 0 Å². The smallest absolute Gasteiger partial charge is 0.748 e. The van der Waals surface area contributed by atoms with Crippen molar-refractivity contribution in [3.8, 4) is 0 Å². The molecule has 6 heteroatoms. The van der Waals surface area contributed by atoms with Gasteiger partial charge in [-0.1, -0.05) is 20.4 Å². The molecule has 0 aromatic heterocycles. The third-order valence-corrected chi connectivity index (χ3v) is 2.47. The van der Waals surface area contributed by atoms with E-state index in [2.05, 4.69) is 6.58 Å². The largest absolute Gasteiger partial charge is 1.00 e. The molecule has 0 aliphatic carbocycles.